The number of aryl methyl sites for hydroxylation is 2. The molecule has 0 saturated heterocycles. The third kappa shape index (κ3) is 5.39. The van der Waals surface area contributed by atoms with E-state index < -0.39 is 11.8 Å². The van der Waals surface area contributed by atoms with E-state index in [2.05, 4.69) is 10.6 Å². The van der Waals surface area contributed by atoms with E-state index in [1.54, 1.807) is 48.5 Å². The molecule has 8 heteroatoms. The summed E-state index contributed by atoms with van der Waals surface area (Å²) in [6.07, 6.45) is 0. The van der Waals surface area contributed by atoms with Gasteiger partial charge in [0.05, 0.1) is 6.54 Å². The first-order chi connectivity index (χ1) is 16.7. The van der Waals surface area contributed by atoms with Gasteiger partial charge in [-0.15, -0.1) is 0 Å². The van der Waals surface area contributed by atoms with Gasteiger partial charge >= 0.3 is 0 Å². The maximum absolute atomic E-state index is 12.8. The van der Waals surface area contributed by atoms with Crippen molar-refractivity contribution in [3.05, 3.63) is 110 Å². The Bertz CT molecular complexity index is 1350. The molecule has 178 valence electrons. The fourth-order valence-electron chi connectivity index (χ4n) is 3.63. The molecule has 3 aromatic rings. The first-order valence-corrected chi connectivity index (χ1v) is 11.7. The highest BCUT2D eigenvalue weighted by molar-refractivity contribution is 6.47. The molecular formula is C27H23Cl2N3O3. The summed E-state index contributed by atoms with van der Waals surface area (Å²) in [5.41, 5.74) is 5.00. The van der Waals surface area contributed by atoms with Gasteiger partial charge in [-0.1, -0.05) is 59.6 Å². The molecule has 3 aromatic carbocycles. The van der Waals surface area contributed by atoms with E-state index in [4.69, 9.17) is 23.2 Å². The molecule has 0 fully saturated rings. The summed E-state index contributed by atoms with van der Waals surface area (Å²) in [5.74, 6) is -1.30. The number of halogens is 2. The highest BCUT2D eigenvalue weighted by Gasteiger charge is 2.37. The van der Waals surface area contributed by atoms with Crippen LogP contribution in [0, 0.1) is 13.8 Å². The molecule has 0 aromatic heterocycles. The number of hydrogen-bond acceptors (Lipinski definition) is 4. The van der Waals surface area contributed by atoms with Crippen molar-refractivity contribution in [2.24, 2.45) is 0 Å². The molecule has 0 bridgehead atoms. The van der Waals surface area contributed by atoms with Gasteiger partial charge in [0.1, 0.15) is 10.7 Å². The van der Waals surface area contributed by atoms with Gasteiger partial charge in [-0.2, -0.15) is 0 Å². The van der Waals surface area contributed by atoms with Gasteiger partial charge in [-0.25, -0.2) is 0 Å². The number of nitrogens with zero attached hydrogens (tertiary/aromatic N) is 1. The van der Waals surface area contributed by atoms with Crippen LogP contribution in [0.5, 0.6) is 0 Å². The number of carbonyl (C=O) groups is 3. The van der Waals surface area contributed by atoms with E-state index in [1.165, 1.54) is 0 Å². The molecule has 2 N–H and O–H groups in total. The minimum absolute atomic E-state index is 0.0308. The van der Waals surface area contributed by atoms with Gasteiger partial charge in [-0.05, 0) is 66.4 Å². The Morgan fingerprint density at radius 1 is 0.886 bits per heavy atom. The quantitative estimate of drug-likeness (QED) is 0.424. The lowest BCUT2D eigenvalue weighted by Crippen LogP contribution is -2.33. The largest absolute Gasteiger partial charge is 0.375 e. The van der Waals surface area contributed by atoms with Gasteiger partial charge in [-0.3, -0.25) is 19.3 Å². The highest BCUT2D eigenvalue weighted by atomic mass is 35.5. The summed E-state index contributed by atoms with van der Waals surface area (Å²) in [5, 5.41) is 6.16. The number of hydrogen-bond donors (Lipinski definition) is 2. The summed E-state index contributed by atoms with van der Waals surface area (Å²) in [4.78, 5) is 39.0. The number of amides is 3. The predicted molar refractivity (Wildman–Crippen MR) is 137 cm³/mol. The Balaban J connectivity index is 1.38. The first-order valence-electron chi connectivity index (χ1n) is 11.0. The van der Waals surface area contributed by atoms with Crippen LogP contribution < -0.4 is 10.6 Å². The van der Waals surface area contributed by atoms with Crippen LogP contribution in [0.3, 0.4) is 0 Å². The normalized spacial score (nSPS) is 13.4. The fraction of sp³-hybridized carbons (Fsp3) is 0.148. The fourth-order valence-corrected chi connectivity index (χ4v) is 4.07. The molecule has 1 heterocycles. The van der Waals surface area contributed by atoms with E-state index in [0.717, 1.165) is 27.3 Å². The third-order valence-electron chi connectivity index (χ3n) is 5.85. The van der Waals surface area contributed by atoms with E-state index in [0.29, 0.717) is 16.1 Å². The van der Waals surface area contributed by atoms with Crippen LogP contribution >= 0.6 is 23.2 Å². The monoisotopic (exact) mass is 507 g/mol. The zero-order valence-corrected chi connectivity index (χ0v) is 20.7. The third-order valence-corrected chi connectivity index (χ3v) is 6.57. The standard InChI is InChI=1S/C27H23Cl2N3O3/c1-16-7-12-21(13-17(16)2)31-25(33)19-10-8-18(9-11-19)14-30-24-23(29)26(34)32(27(24)35)15-20-5-3-4-6-22(20)28/h3-13,30H,14-15H2,1-2H3,(H,31,33). The molecular weight excluding hydrogens is 485 g/mol. The minimum atomic E-state index is -0.572. The average Bonchev–Trinajstić information content (AvgIpc) is 3.04. The van der Waals surface area contributed by atoms with E-state index in [1.807, 2.05) is 32.0 Å². The lowest BCUT2D eigenvalue weighted by atomic mass is 10.1. The average molecular weight is 508 g/mol. The van der Waals surface area contributed by atoms with Crippen molar-refractivity contribution in [1.82, 2.24) is 10.2 Å². The maximum atomic E-state index is 12.8. The summed E-state index contributed by atoms with van der Waals surface area (Å²) in [7, 11) is 0. The van der Waals surface area contributed by atoms with Crippen molar-refractivity contribution < 1.29 is 14.4 Å². The Morgan fingerprint density at radius 3 is 2.29 bits per heavy atom. The Hall–Kier alpha value is -3.61. The second-order valence-corrected chi connectivity index (χ2v) is 9.07. The lowest BCUT2D eigenvalue weighted by molar-refractivity contribution is -0.138. The van der Waals surface area contributed by atoms with Crippen molar-refractivity contribution in [3.63, 3.8) is 0 Å². The molecule has 0 saturated carbocycles. The molecule has 3 amide bonds. The molecule has 1 aliphatic rings. The Morgan fingerprint density at radius 2 is 1.60 bits per heavy atom. The number of imide groups is 1. The van der Waals surface area contributed by atoms with Crippen LogP contribution in [0.15, 0.2) is 77.5 Å². The van der Waals surface area contributed by atoms with Gasteiger partial charge < -0.3 is 10.6 Å². The maximum Gasteiger partial charge on any atom is 0.278 e. The van der Waals surface area contributed by atoms with Gasteiger partial charge in [0.2, 0.25) is 0 Å². The minimum Gasteiger partial charge on any atom is -0.375 e. The van der Waals surface area contributed by atoms with Crippen LogP contribution in [0.4, 0.5) is 5.69 Å². The smallest absolute Gasteiger partial charge is 0.278 e. The van der Waals surface area contributed by atoms with Gasteiger partial charge in [0.25, 0.3) is 17.7 Å². The zero-order chi connectivity index (χ0) is 25.1. The molecule has 1 aliphatic heterocycles. The molecule has 4 rings (SSSR count). The van der Waals surface area contributed by atoms with Crippen LogP contribution in [0.1, 0.15) is 32.6 Å². The van der Waals surface area contributed by atoms with Crippen molar-refractivity contribution >= 4 is 46.6 Å². The van der Waals surface area contributed by atoms with E-state index in [-0.39, 0.29) is 29.7 Å². The van der Waals surface area contributed by atoms with E-state index in [9.17, 15) is 14.4 Å². The van der Waals surface area contributed by atoms with Crippen molar-refractivity contribution in [2.45, 2.75) is 26.9 Å². The molecule has 35 heavy (non-hydrogen) atoms. The van der Waals surface area contributed by atoms with E-state index >= 15 is 0 Å². The highest BCUT2D eigenvalue weighted by Crippen LogP contribution is 2.26. The Kier molecular flexibility index (Phi) is 7.24. The van der Waals surface area contributed by atoms with Crippen LogP contribution in [-0.2, 0) is 22.7 Å². The second-order valence-electron chi connectivity index (χ2n) is 8.28. The lowest BCUT2D eigenvalue weighted by Gasteiger charge is -2.16. The summed E-state index contributed by atoms with van der Waals surface area (Å²) >= 11 is 12.3. The molecule has 6 nitrogen and oxygen atoms in total. The van der Waals surface area contributed by atoms with Gasteiger partial charge in [0, 0.05) is 22.8 Å². The number of nitrogens with one attached hydrogen (secondary N) is 2. The molecule has 0 atom stereocenters. The number of anilines is 1. The van der Waals surface area contributed by atoms with Crippen molar-refractivity contribution in [3.8, 4) is 0 Å². The summed E-state index contributed by atoms with van der Waals surface area (Å²) < 4.78 is 0. The molecule has 0 aliphatic carbocycles. The zero-order valence-electron chi connectivity index (χ0n) is 19.2. The molecule has 0 radical (unpaired) electrons. The van der Waals surface area contributed by atoms with Crippen molar-refractivity contribution in [1.29, 1.82) is 0 Å². The Labute approximate surface area is 213 Å². The van der Waals surface area contributed by atoms with Crippen LogP contribution in [0.25, 0.3) is 0 Å². The topological polar surface area (TPSA) is 78.5 Å². The number of rotatable bonds is 7. The summed E-state index contributed by atoms with van der Waals surface area (Å²) in [6, 6.07) is 19.7. The summed E-state index contributed by atoms with van der Waals surface area (Å²) in [6.45, 7) is 4.29. The van der Waals surface area contributed by atoms with Crippen LogP contribution in [0.2, 0.25) is 5.02 Å². The van der Waals surface area contributed by atoms with Gasteiger partial charge in [0.15, 0.2) is 0 Å². The number of carbonyl (C=O) groups excluding carboxylic acids is 3. The second kappa shape index (κ2) is 10.3. The number of benzene rings is 3. The SMILES string of the molecule is Cc1ccc(NC(=O)c2ccc(CNC3=C(Cl)C(=O)N(Cc4ccccc4Cl)C3=O)cc2)cc1C. The predicted octanol–water partition coefficient (Wildman–Crippen LogP) is 5.32. The van der Waals surface area contributed by atoms with Crippen LogP contribution in [-0.4, -0.2) is 22.6 Å². The van der Waals surface area contributed by atoms with Crippen molar-refractivity contribution in [2.75, 3.05) is 5.32 Å². The molecule has 0 spiro atoms. The first kappa shape index (κ1) is 24.5. The molecule has 0 unspecified atom stereocenters.